The fraction of sp³-hybridized carbons (Fsp3) is 0.600. The molecule has 1 fully saturated rings. The Bertz CT molecular complexity index is 268. The number of nitrogens with two attached hydrogens (primary N) is 1. The molecule has 10 heteroatoms. The van der Waals surface area contributed by atoms with Crippen molar-refractivity contribution in [2.24, 2.45) is 5.73 Å². The van der Waals surface area contributed by atoms with Gasteiger partial charge in [0.1, 0.15) is 0 Å². The predicted molar refractivity (Wildman–Crippen MR) is 86.9 cm³/mol. The quantitative estimate of drug-likeness (QED) is 0.170. The summed E-state index contributed by atoms with van der Waals surface area (Å²) < 4.78 is 8.74. The van der Waals surface area contributed by atoms with Gasteiger partial charge in [-0.15, -0.1) is 25.6 Å². The standard InChI is InChI=1S/C4H11N5.C4H8.C2H4.ClH.H3O3P/c1-9(2)4(7)8-3(5)6;1-2-4-3-1;1-2;;1-4(2)3/h1-2H3,(H5,5,6,7,8);1-4H2;1-2H2;1H;4H,(H2,1,2,3). The summed E-state index contributed by atoms with van der Waals surface area (Å²) in [5.74, 6) is -0.101. The molecule has 1 rings (SSSR count). The van der Waals surface area contributed by atoms with E-state index in [1.165, 1.54) is 30.6 Å². The van der Waals surface area contributed by atoms with E-state index in [1.54, 1.807) is 14.1 Å². The van der Waals surface area contributed by atoms with Crippen molar-refractivity contribution in [3.63, 3.8) is 0 Å². The molecule has 0 bridgehead atoms. The molecule has 0 aromatic carbocycles. The van der Waals surface area contributed by atoms with Crippen molar-refractivity contribution in [1.29, 1.82) is 10.8 Å². The second-order valence-corrected chi connectivity index (χ2v) is 4.04. The summed E-state index contributed by atoms with van der Waals surface area (Å²) in [5, 5.41) is 16.1. The van der Waals surface area contributed by atoms with E-state index < -0.39 is 8.25 Å². The van der Waals surface area contributed by atoms with Crippen LogP contribution in [0.15, 0.2) is 13.2 Å². The third-order valence-electron chi connectivity index (χ3n) is 1.70. The molecule has 122 valence electrons. The highest BCUT2D eigenvalue weighted by Crippen LogP contribution is 2.15. The first-order valence-corrected chi connectivity index (χ1v) is 6.86. The molecule has 0 atom stereocenters. The molecule has 0 unspecified atom stereocenters. The van der Waals surface area contributed by atoms with Gasteiger partial charge >= 0.3 is 8.25 Å². The first-order chi connectivity index (χ1) is 8.77. The summed E-state index contributed by atoms with van der Waals surface area (Å²) in [5.41, 5.74) is 4.94. The van der Waals surface area contributed by atoms with E-state index in [0.29, 0.717) is 0 Å². The molecule has 0 aromatic heterocycles. The Kier molecular flexibility index (Phi) is 27.6. The Labute approximate surface area is 127 Å². The van der Waals surface area contributed by atoms with E-state index in [2.05, 4.69) is 18.5 Å². The van der Waals surface area contributed by atoms with Crippen molar-refractivity contribution >= 4 is 32.6 Å². The number of nitrogens with zero attached hydrogens (tertiary/aromatic N) is 1. The van der Waals surface area contributed by atoms with Crippen LogP contribution < -0.4 is 11.1 Å². The number of guanidine groups is 2. The van der Waals surface area contributed by atoms with E-state index in [-0.39, 0.29) is 24.3 Å². The van der Waals surface area contributed by atoms with Crippen molar-refractivity contribution in [3.8, 4) is 0 Å². The molecule has 0 amide bonds. The van der Waals surface area contributed by atoms with Gasteiger partial charge in [-0.1, -0.05) is 25.7 Å². The minimum absolute atomic E-state index is 0. The van der Waals surface area contributed by atoms with Crippen LogP contribution in [-0.2, 0) is 4.57 Å². The third-order valence-corrected chi connectivity index (χ3v) is 1.70. The Morgan fingerprint density at radius 1 is 1.20 bits per heavy atom. The van der Waals surface area contributed by atoms with Gasteiger partial charge in [0.05, 0.1) is 0 Å². The zero-order chi connectivity index (χ0) is 15.8. The van der Waals surface area contributed by atoms with Crippen LogP contribution >= 0.6 is 20.7 Å². The number of hydrogen-bond donors (Lipinski definition) is 6. The molecule has 1 aliphatic carbocycles. The predicted octanol–water partition coefficient (Wildman–Crippen LogP) is 1.11. The number of rotatable bonds is 0. The van der Waals surface area contributed by atoms with E-state index in [1.807, 2.05) is 0 Å². The van der Waals surface area contributed by atoms with Crippen LogP contribution in [0, 0.1) is 10.8 Å². The maximum Gasteiger partial charge on any atom is 0.314 e. The molecule has 20 heavy (non-hydrogen) atoms. The molecule has 0 aliphatic heterocycles. The van der Waals surface area contributed by atoms with Crippen LogP contribution in [0.25, 0.3) is 0 Å². The van der Waals surface area contributed by atoms with Gasteiger partial charge in [0.15, 0.2) is 11.9 Å². The van der Waals surface area contributed by atoms with Crippen molar-refractivity contribution < 1.29 is 14.4 Å². The highest BCUT2D eigenvalue weighted by Gasteiger charge is 1.96. The average Bonchev–Trinajstić information content (AvgIpc) is 2.15. The lowest BCUT2D eigenvalue weighted by molar-refractivity contribution is 0.405. The minimum Gasteiger partial charge on any atom is -0.370 e. The van der Waals surface area contributed by atoms with Crippen LogP contribution in [-0.4, -0.2) is 40.7 Å². The molecule has 0 saturated heterocycles. The Hall–Kier alpha value is -1.08. The van der Waals surface area contributed by atoms with Crippen molar-refractivity contribution in [2.45, 2.75) is 25.7 Å². The Morgan fingerprint density at radius 3 is 1.50 bits per heavy atom. The van der Waals surface area contributed by atoms with E-state index in [9.17, 15) is 0 Å². The van der Waals surface area contributed by atoms with Gasteiger partial charge in [-0.3, -0.25) is 20.7 Å². The third kappa shape index (κ3) is 36.0. The summed E-state index contributed by atoms with van der Waals surface area (Å²) in [6.45, 7) is 6.00. The van der Waals surface area contributed by atoms with Crippen LogP contribution in [0.4, 0.5) is 0 Å². The van der Waals surface area contributed by atoms with E-state index in [4.69, 9.17) is 30.9 Å². The normalized spacial score (nSPS) is 10.4. The fourth-order valence-electron chi connectivity index (χ4n) is 0.489. The Balaban J connectivity index is -0.0000000976. The summed E-state index contributed by atoms with van der Waals surface area (Å²) >= 11 is 0. The van der Waals surface area contributed by atoms with Gasteiger partial charge in [-0.25, -0.2) is 0 Å². The van der Waals surface area contributed by atoms with Gasteiger partial charge in [0, 0.05) is 14.1 Å². The van der Waals surface area contributed by atoms with Crippen molar-refractivity contribution in [1.82, 2.24) is 10.2 Å². The van der Waals surface area contributed by atoms with E-state index in [0.717, 1.165) is 0 Å². The molecular formula is C10H27ClN5O3P. The van der Waals surface area contributed by atoms with Crippen molar-refractivity contribution in [3.05, 3.63) is 13.2 Å². The molecule has 1 saturated carbocycles. The fourth-order valence-corrected chi connectivity index (χ4v) is 0.489. The molecule has 0 aromatic rings. The Morgan fingerprint density at radius 2 is 1.45 bits per heavy atom. The van der Waals surface area contributed by atoms with Gasteiger partial charge in [0.2, 0.25) is 0 Å². The molecule has 7 N–H and O–H groups in total. The van der Waals surface area contributed by atoms with Gasteiger partial charge in [-0.2, -0.15) is 0 Å². The van der Waals surface area contributed by atoms with Crippen LogP contribution in [0.3, 0.4) is 0 Å². The van der Waals surface area contributed by atoms with Crippen molar-refractivity contribution in [2.75, 3.05) is 14.1 Å². The average molecular weight is 332 g/mol. The number of hydrogen-bond acceptors (Lipinski definition) is 3. The maximum atomic E-state index is 8.74. The monoisotopic (exact) mass is 331 g/mol. The van der Waals surface area contributed by atoms with Gasteiger partial charge in [-0.05, 0) is 0 Å². The summed E-state index contributed by atoms with van der Waals surface area (Å²) in [6.07, 6.45) is 6.00. The second kappa shape index (κ2) is 20.2. The van der Waals surface area contributed by atoms with Gasteiger partial charge in [0.25, 0.3) is 0 Å². The van der Waals surface area contributed by atoms with Crippen LogP contribution in [0.5, 0.6) is 0 Å². The highest BCUT2D eigenvalue weighted by molar-refractivity contribution is 7.30. The second-order valence-electron chi connectivity index (χ2n) is 3.48. The zero-order valence-electron chi connectivity index (χ0n) is 12.0. The molecule has 0 radical (unpaired) electrons. The summed E-state index contributed by atoms with van der Waals surface area (Å²) in [4.78, 5) is 15.8. The van der Waals surface area contributed by atoms with Crippen LogP contribution in [0.2, 0.25) is 0 Å². The number of halogens is 1. The smallest absolute Gasteiger partial charge is 0.314 e. The maximum absolute atomic E-state index is 8.74. The topological polar surface area (TPSA) is 147 Å². The van der Waals surface area contributed by atoms with Crippen LogP contribution in [0.1, 0.15) is 25.7 Å². The lowest BCUT2D eigenvalue weighted by Crippen LogP contribution is -2.42. The summed E-state index contributed by atoms with van der Waals surface area (Å²) in [6, 6.07) is 0. The lowest BCUT2D eigenvalue weighted by atomic mass is 10.0. The lowest BCUT2D eigenvalue weighted by Gasteiger charge is -2.13. The van der Waals surface area contributed by atoms with E-state index >= 15 is 0 Å². The summed E-state index contributed by atoms with van der Waals surface area (Å²) in [7, 11) is 0.256. The molecular weight excluding hydrogens is 305 g/mol. The first-order valence-electron chi connectivity index (χ1n) is 5.56. The van der Waals surface area contributed by atoms with Gasteiger partial charge < -0.3 is 20.4 Å². The molecule has 0 heterocycles. The first kappa shape index (κ1) is 27.3. The molecule has 8 nitrogen and oxygen atoms in total. The highest BCUT2D eigenvalue weighted by atomic mass is 35.5. The molecule has 0 spiro atoms. The molecule has 1 aliphatic rings. The largest absolute Gasteiger partial charge is 0.370 e. The SMILES string of the molecule is C1CCC1.C=C.CN(C)C(=N)NC(=N)N.Cl.O=[PH](O)O. The minimum atomic E-state index is -3.13. The number of nitrogens with one attached hydrogen (secondary N) is 3. The zero-order valence-corrected chi connectivity index (χ0v) is 13.8.